The first-order valence-corrected chi connectivity index (χ1v) is 6.03. The molecule has 0 unspecified atom stereocenters. The van der Waals surface area contributed by atoms with Gasteiger partial charge in [0, 0.05) is 11.8 Å². The van der Waals surface area contributed by atoms with E-state index in [1.165, 1.54) is 24.3 Å². The smallest absolute Gasteiger partial charge is 0.406 e. The van der Waals surface area contributed by atoms with Crippen LogP contribution >= 0.6 is 0 Å². The average Bonchev–Trinajstić information content (AvgIpc) is 2.76. The monoisotopic (exact) mass is 293 g/mol. The molecule has 0 fully saturated rings. The lowest BCUT2D eigenvalue weighted by Crippen LogP contribution is -2.16. The molecule has 7 heteroatoms. The highest BCUT2D eigenvalue weighted by Crippen LogP contribution is 2.29. The first-order chi connectivity index (χ1) is 9.94. The maximum atomic E-state index is 12.1. The molecule has 0 bridgehead atoms. The number of ether oxygens (including phenoxy) is 1. The van der Waals surface area contributed by atoms with Gasteiger partial charge in [-0.3, -0.25) is 4.40 Å². The molecule has 2 heterocycles. The number of hydrogen-bond acceptors (Lipinski definition) is 3. The van der Waals surface area contributed by atoms with Crippen LogP contribution in [-0.4, -0.2) is 15.7 Å². The van der Waals surface area contributed by atoms with Gasteiger partial charge in [0.2, 0.25) is 0 Å². The van der Waals surface area contributed by atoms with Gasteiger partial charge in [-0.2, -0.15) is 0 Å². The maximum absolute atomic E-state index is 12.1. The Bertz CT molecular complexity index is 778. The fourth-order valence-corrected chi connectivity index (χ4v) is 2.04. The van der Waals surface area contributed by atoms with Crippen LogP contribution in [0.5, 0.6) is 5.75 Å². The van der Waals surface area contributed by atoms with Crippen molar-refractivity contribution in [2.24, 2.45) is 0 Å². The molecule has 0 amide bonds. The Morgan fingerprint density at radius 3 is 2.38 bits per heavy atom. The van der Waals surface area contributed by atoms with Crippen LogP contribution in [0.1, 0.15) is 0 Å². The third-order valence-corrected chi connectivity index (χ3v) is 2.93. The number of nitrogens with zero attached hydrogens (tertiary/aromatic N) is 2. The van der Waals surface area contributed by atoms with Crippen molar-refractivity contribution >= 4 is 11.5 Å². The SMILES string of the molecule is Nc1c(-c2ccc(OC(F)(F)F)cc2)nc2ccccn12. The number of rotatable bonds is 2. The van der Waals surface area contributed by atoms with Crippen molar-refractivity contribution < 1.29 is 17.9 Å². The molecule has 2 N–H and O–H groups in total. The number of fused-ring (bicyclic) bond motifs is 1. The third-order valence-electron chi connectivity index (χ3n) is 2.93. The zero-order valence-corrected chi connectivity index (χ0v) is 10.6. The molecule has 0 aliphatic carbocycles. The Morgan fingerprint density at radius 2 is 1.76 bits per heavy atom. The predicted octanol–water partition coefficient (Wildman–Crippen LogP) is 3.48. The average molecular weight is 293 g/mol. The van der Waals surface area contributed by atoms with E-state index < -0.39 is 6.36 Å². The van der Waals surface area contributed by atoms with Gasteiger partial charge < -0.3 is 10.5 Å². The van der Waals surface area contributed by atoms with Gasteiger partial charge in [-0.15, -0.1) is 13.2 Å². The number of pyridine rings is 1. The Morgan fingerprint density at radius 1 is 1.05 bits per heavy atom. The molecule has 0 aliphatic rings. The van der Waals surface area contributed by atoms with E-state index in [0.29, 0.717) is 22.7 Å². The highest BCUT2D eigenvalue weighted by atomic mass is 19.4. The molecule has 0 radical (unpaired) electrons. The highest BCUT2D eigenvalue weighted by molar-refractivity contribution is 5.75. The van der Waals surface area contributed by atoms with Crippen molar-refractivity contribution in [3.8, 4) is 17.0 Å². The van der Waals surface area contributed by atoms with Crippen molar-refractivity contribution in [2.45, 2.75) is 6.36 Å². The number of hydrogen-bond donors (Lipinski definition) is 1. The van der Waals surface area contributed by atoms with Crippen LogP contribution < -0.4 is 10.5 Å². The van der Waals surface area contributed by atoms with E-state index in [9.17, 15) is 13.2 Å². The number of aromatic nitrogens is 2. The van der Waals surface area contributed by atoms with Gasteiger partial charge in [-0.25, -0.2) is 4.98 Å². The van der Waals surface area contributed by atoms with Crippen molar-refractivity contribution in [2.75, 3.05) is 5.73 Å². The molecule has 0 aliphatic heterocycles. The van der Waals surface area contributed by atoms with Crippen LogP contribution in [0.4, 0.5) is 19.0 Å². The summed E-state index contributed by atoms with van der Waals surface area (Å²) < 4.78 is 41.9. The van der Waals surface area contributed by atoms with E-state index in [4.69, 9.17) is 5.73 Å². The largest absolute Gasteiger partial charge is 0.573 e. The van der Waals surface area contributed by atoms with Gasteiger partial charge in [0.25, 0.3) is 0 Å². The molecule has 1 aromatic carbocycles. The van der Waals surface area contributed by atoms with Crippen LogP contribution in [0.3, 0.4) is 0 Å². The van der Waals surface area contributed by atoms with Crippen LogP contribution in [0, 0.1) is 0 Å². The molecule has 108 valence electrons. The van der Waals surface area contributed by atoms with Crippen LogP contribution in [-0.2, 0) is 0 Å². The van der Waals surface area contributed by atoms with Gasteiger partial charge in [-0.05, 0) is 36.4 Å². The lowest BCUT2D eigenvalue weighted by Gasteiger charge is -2.08. The van der Waals surface area contributed by atoms with Crippen LogP contribution in [0.15, 0.2) is 48.7 Å². The summed E-state index contributed by atoms with van der Waals surface area (Å²) in [4.78, 5) is 4.36. The van der Waals surface area contributed by atoms with Gasteiger partial charge in [0.05, 0.1) is 0 Å². The Hall–Kier alpha value is -2.70. The molecule has 0 saturated heterocycles. The highest BCUT2D eigenvalue weighted by Gasteiger charge is 2.31. The number of benzene rings is 1. The van der Waals surface area contributed by atoms with E-state index in [2.05, 4.69) is 9.72 Å². The minimum Gasteiger partial charge on any atom is -0.406 e. The Kier molecular flexibility index (Phi) is 2.97. The first kappa shape index (κ1) is 13.3. The molecule has 2 aromatic heterocycles. The molecule has 0 spiro atoms. The zero-order chi connectivity index (χ0) is 15.0. The summed E-state index contributed by atoms with van der Waals surface area (Å²) in [6.07, 6.45) is -2.94. The summed E-state index contributed by atoms with van der Waals surface area (Å²) in [5, 5.41) is 0. The second kappa shape index (κ2) is 4.69. The lowest BCUT2D eigenvalue weighted by atomic mass is 10.1. The quantitative estimate of drug-likeness (QED) is 0.787. The van der Waals surface area contributed by atoms with Crippen molar-refractivity contribution in [3.63, 3.8) is 0 Å². The molecule has 0 saturated carbocycles. The van der Waals surface area contributed by atoms with Crippen molar-refractivity contribution in [3.05, 3.63) is 48.7 Å². The topological polar surface area (TPSA) is 52.5 Å². The van der Waals surface area contributed by atoms with E-state index in [-0.39, 0.29) is 5.75 Å². The van der Waals surface area contributed by atoms with E-state index in [0.717, 1.165) is 0 Å². The number of anilines is 1. The second-order valence-corrected chi connectivity index (χ2v) is 4.35. The number of nitrogen functional groups attached to an aromatic ring is 1. The maximum Gasteiger partial charge on any atom is 0.573 e. The number of nitrogens with two attached hydrogens (primary N) is 1. The van der Waals surface area contributed by atoms with Gasteiger partial charge in [0.1, 0.15) is 22.9 Å². The van der Waals surface area contributed by atoms with E-state index in [1.54, 1.807) is 16.7 Å². The van der Waals surface area contributed by atoms with E-state index in [1.807, 2.05) is 12.1 Å². The summed E-state index contributed by atoms with van der Waals surface area (Å²) in [6, 6.07) is 10.9. The molecular weight excluding hydrogens is 283 g/mol. The zero-order valence-electron chi connectivity index (χ0n) is 10.6. The molecule has 0 atom stereocenters. The summed E-state index contributed by atoms with van der Waals surface area (Å²) in [5.41, 5.74) is 7.80. The summed E-state index contributed by atoms with van der Waals surface area (Å²) in [5.74, 6) is 0.142. The van der Waals surface area contributed by atoms with Gasteiger partial charge >= 0.3 is 6.36 Å². The second-order valence-electron chi connectivity index (χ2n) is 4.35. The summed E-state index contributed by atoms with van der Waals surface area (Å²) in [6.45, 7) is 0. The third kappa shape index (κ3) is 2.62. The minimum absolute atomic E-state index is 0.284. The van der Waals surface area contributed by atoms with Gasteiger partial charge in [-0.1, -0.05) is 6.07 Å². The lowest BCUT2D eigenvalue weighted by molar-refractivity contribution is -0.274. The van der Waals surface area contributed by atoms with E-state index >= 15 is 0 Å². The Labute approximate surface area is 117 Å². The molecular formula is C14H10F3N3O. The fraction of sp³-hybridized carbons (Fsp3) is 0.0714. The molecule has 21 heavy (non-hydrogen) atoms. The van der Waals surface area contributed by atoms with Crippen molar-refractivity contribution in [1.82, 2.24) is 9.38 Å². The molecule has 4 nitrogen and oxygen atoms in total. The standard InChI is InChI=1S/C14H10F3N3O/c15-14(16,17)21-10-6-4-9(5-7-10)12-13(18)20-8-2-1-3-11(20)19-12/h1-8H,18H2. The molecule has 3 aromatic rings. The predicted molar refractivity (Wildman–Crippen MR) is 71.7 cm³/mol. The van der Waals surface area contributed by atoms with Crippen LogP contribution in [0.25, 0.3) is 16.9 Å². The van der Waals surface area contributed by atoms with Gasteiger partial charge in [0.15, 0.2) is 0 Å². The van der Waals surface area contributed by atoms with Crippen molar-refractivity contribution in [1.29, 1.82) is 0 Å². The number of alkyl halides is 3. The Balaban J connectivity index is 1.97. The molecule has 3 rings (SSSR count). The fourth-order valence-electron chi connectivity index (χ4n) is 2.04. The summed E-state index contributed by atoms with van der Waals surface area (Å²) >= 11 is 0. The van der Waals surface area contributed by atoms with Crippen LogP contribution in [0.2, 0.25) is 0 Å². The normalized spacial score (nSPS) is 11.8. The minimum atomic E-state index is -4.70. The first-order valence-electron chi connectivity index (χ1n) is 6.03. The number of halogens is 3. The summed E-state index contributed by atoms with van der Waals surface area (Å²) in [7, 11) is 0. The number of imidazole rings is 1.